The molecule has 0 unspecified atom stereocenters. The van der Waals surface area contributed by atoms with Crippen molar-refractivity contribution >= 4 is 43.5 Å². The smallest absolute Gasteiger partial charge is 0.264 e. The number of aryl methyl sites for hydroxylation is 1. The highest BCUT2D eigenvalue weighted by Crippen LogP contribution is 2.27. The molecule has 0 aromatic heterocycles. The third-order valence-corrected chi connectivity index (χ3v) is 8.50. The molecule has 1 atom stereocenters. The van der Waals surface area contributed by atoms with Crippen LogP contribution in [-0.4, -0.2) is 50.4 Å². The molecule has 0 saturated heterocycles. The number of carbonyl (C=O) groups excluding carboxylic acids is 2. The summed E-state index contributed by atoms with van der Waals surface area (Å²) in [4.78, 5) is 28.4. The van der Waals surface area contributed by atoms with E-state index in [0.717, 1.165) is 19.9 Å². The zero-order valence-corrected chi connectivity index (χ0v) is 25.8. The lowest BCUT2D eigenvalue weighted by Crippen LogP contribution is -2.52. The van der Waals surface area contributed by atoms with Crippen LogP contribution in [0.1, 0.15) is 38.8 Å². The fourth-order valence-corrected chi connectivity index (χ4v) is 5.69. The van der Waals surface area contributed by atoms with Gasteiger partial charge in [0.25, 0.3) is 10.0 Å². The number of rotatable bonds is 12. The van der Waals surface area contributed by atoms with Gasteiger partial charge in [-0.15, -0.1) is 0 Å². The fraction of sp³-hybridized carbons (Fsp3) is 0.333. The minimum atomic E-state index is -4.13. The quantitative estimate of drug-likeness (QED) is 0.294. The van der Waals surface area contributed by atoms with Crippen molar-refractivity contribution in [1.82, 2.24) is 10.2 Å². The Morgan fingerprint density at radius 3 is 2.08 bits per heavy atom. The molecule has 0 aliphatic rings. The summed E-state index contributed by atoms with van der Waals surface area (Å²) in [5.74, 6) is -0.255. The van der Waals surface area contributed by atoms with Gasteiger partial charge in [0.15, 0.2) is 0 Å². The van der Waals surface area contributed by atoms with Gasteiger partial charge in [0.05, 0.1) is 17.2 Å². The van der Waals surface area contributed by atoms with E-state index in [0.29, 0.717) is 18.0 Å². The molecule has 40 heavy (non-hydrogen) atoms. The summed E-state index contributed by atoms with van der Waals surface area (Å²) in [6.07, 6.45) is 0. The molecule has 0 bridgehead atoms. The average molecular weight is 631 g/mol. The molecule has 0 aliphatic heterocycles. The Morgan fingerprint density at radius 2 is 1.52 bits per heavy atom. The molecule has 3 rings (SSSR count). The van der Waals surface area contributed by atoms with Crippen LogP contribution in [0.15, 0.2) is 82.2 Å². The Morgan fingerprint density at radius 1 is 0.925 bits per heavy atom. The van der Waals surface area contributed by atoms with E-state index in [-0.39, 0.29) is 23.4 Å². The van der Waals surface area contributed by atoms with Gasteiger partial charge in [0.2, 0.25) is 11.8 Å². The number of benzene rings is 3. The number of halogens is 1. The highest BCUT2D eigenvalue weighted by molar-refractivity contribution is 9.10. The molecule has 0 heterocycles. The van der Waals surface area contributed by atoms with Crippen molar-refractivity contribution in [1.29, 1.82) is 0 Å². The van der Waals surface area contributed by atoms with E-state index in [1.165, 1.54) is 17.0 Å². The molecule has 0 radical (unpaired) electrons. The van der Waals surface area contributed by atoms with Crippen molar-refractivity contribution in [2.24, 2.45) is 0 Å². The second-order valence-corrected chi connectivity index (χ2v) is 12.5. The zero-order chi connectivity index (χ0) is 29.4. The molecule has 0 spiro atoms. The van der Waals surface area contributed by atoms with Crippen LogP contribution in [0.4, 0.5) is 5.69 Å². The SMILES string of the molecule is CCOc1ccc(N(CC(=O)N(Cc2ccc(Br)cc2)[C@H](C)C(=O)NC(C)C)S(=O)(=O)c2ccc(C)cc2)cc1. The molecule has 0 fully saturated rings. The van der Waals surface area contributed by atoms with Crippen molar-refractivity contribution in [3.8, 4) is 5.75 Å². The van der Waals surface area contributed by atoms with Gasteiger partial charge >= 0.3 is 0 Å². The highest BCUT2D eigenvalue weighted by Gasteiger charge is 2.32. The third-order valence-electron chi connectivity index (χ3n) is 6.19. The van der Waals surface area contributed by atoms with Gasteiger partial charge in [0, 0.05) is 17.1 Å². The summed E-state index contributed by atoms with van der Waals surface area (Å²) in [7, 11) is -4.13. The van der Waals surface area contributed by atoms with Gasteiger partial charge in [-0.05, 0) is 88.7 Å². The maximum absolute atomic E-state index is 13.9. The first-order valence-corrected chi connectivity index (χ1v) is 15.3. The van der Waals surface area contributed by atoms with Gasteiger partial charge in [0.1, 0.15) is 18.3 Å². The van der Waals surface area contributed by atoms with Crippen molar-refractivity contribution in [3.63, 3.8) is 0 Å². The summed E-state index contributed by atoms with van der Waals surface area (Å²) in [6.45, 7) is 9.14. The first-order valence-electron chi connectivity index (χ1n) is 13.1. The predicted molar refractivity (Wildman–Crippen MR) is 161 cm³/mol. The minimum Gasteiger partial charge on any atom is -0.494 e. The zero-order valence-electron chi connectivity index (χ0n) is 23.4. The molecule has 0 saturated carbocycles. The molecule has 214 valence electrons. The average Bonchev–Trinajstić information content (AvgIpc) is 2.91. The van der Waals surface area contributed by atoms with Gasteiger partial charge in [-0.2, -0.15) is 0 Å². The van der Waals surface area contributed by atoms with E-state index < -0.39 is 28.5 Å². The van der Waals surface area contributed by atoms with Crippen LogP contribution in [0.3, 0.4) is 0 Å². The van der Waals surface area contributed by atoms with E-state index in [1.54, 1.807) is 43.3 Å². The van der Waals surface area contributed by atoms with E-state index in [1.807, 2.05) is 52.0 Å². The summed E-state index contributed by atoms with van der Waals surface area (Å²) >= 11 is 3.41. The van der Waals surface area contributed by atoms with Crippen molar-refractivity contribution in [2.75, 3.05) is 17.5 Å². The van der Waals surface area contributed by atoms with Gasteiger partial charge in [-0.25, -0.2) is 8.42 Å². The molecular weight excluding hydrogens is 594 g/mol. The molecule has 10 heteroatoms. The van der Waals surface area contributed by atoms with Gasteiger partial charge in [-0.3, -0.25) is 13.9 Å². The molecule has 3 aromatic rings. The van der Waals surface area contributed by atoms with E-state index >= 15 is 0 Å². The monoisotopic (exact) mass is 629 g/mol. The number of nitrogens with zero attached hydrogens (tertiary/aromatic N) is 2. The number of ether oxygens (including phenoxy) is 1. The minimum absolute atomic E-state index is 0.0600. The Bertz CT molecular complexity index is 1390. The van der Waals surface area contributed by atoms with Crippen molar-refractivity contribution in [3.05, 3.63) is 88.4 Å². The topological polar surface area (TPSA) is 96.0 Å². The Labute approximate surface area is 245 Å². The Hall–Kier alpha value is -3.37. The van der Waals surface area contributed by atoms with Crippen molar-refractivity contribution < 1.29 is 22.7 Å². The Kier molecular flexibility index (Phi) is 10.8. The summed E-state index contributed by atoms with van der Waals surface area (Å²) in [5.41, 5.74) is 2.02. The number of nitrogens with one attached hydrogen (secondary N) is 1. The fourth-order valence-electron chi connectivity index (χ4n) is 4.02. The summed E-state index contributed by atoms with van der Waals surface area (Å²) in [6, 6.07) is 19.5. The number of hydrogen-bond acceptors (Lipinski definition) is 5. The van der Waals surface area contributed by atoms with E-state index in [2.05, 4.69) is 21.2 Å². The predicted octanol–water partition coefficient (Wildman–Crippen LogP) is 5.29. The van der Waals surface area contributed by atoms with Crippen LogP contribution < -0.4 is 14.4 Å². The summed E-state index contributed by atoms with van der Waals surface area (Å²) in [5, 5.41) is 2.85. The van der Waals surface area contributed by atoms with Crippen LogP contribution in [0, 0.1) is 6.92 Å². The molecular formula is C30H36BrN3O5S. The number of amides is 2. The normalized spacial score (nSPS) is 12.1. The van der Waals surface area contributed by atoms with Gasteiger partial charge < -0.3 is 15.0 Å². The lowest BCUT2D eigenvalue weighted by atomic mass is 10.1. The summed E-state index contributed by atoms with van der Waals surface area (Å²) < 4.78 is 35.3. The molecule has 2 amide bonds. The first kappa shape index (κ1) is 31.2. The largest absolute Gasteiger partial charge is 0.494 e. The molecule has 0 aliphatic carbocycles. The highest BCUT2D eigenvalue weighted by atomic mass is 79.9. The third kappa shape index (κ3) is 8.08. The standard InChI is InChI=1S/C30H36BrN3O5S/c1-6-39-27-15-13-26(14-16-27)34(40(37,38)28-17-7-22(4)8-18-28)20-29(35)33(23(5)30(36)32-21(2)3)19-24-9-11-25(31)12-10-24/h7-18,21,23H,6,19-20H2,1-5H3,(H,32,36)/t23-/m1/s1. The number of carbonyl (C=O) groups is 2. The Balaban J connectivity index is 2.02. The first-order chi connectivity index (χ1) is 18.9. The van der Waals surface area contributed by atoms with Crippen LogP contribution in [0.2, 0.25) is 0 Å². The van der Waals surface area contributed by atoms with E-state index in [4.69, 9.17) is 4.74 Å². The van der Waals surface area contributed by atoms with Crippen LogP contribution >= 0.6 is 15.9 Å². The number of hydrogen-bond donors (Lipinski definition) is 1. The number of sulfonamides is 1. The lowest BCUT2D eigenvalue weighted by Gasteiger charge is -2.32. The molecule has 8 nitrogen and oxygen atoms in total. The molecule has 1 N–H and O–H groups in total. The van der Waals surface area contributed by atoms with Crippen LogP contribution in [-0.2, 0) is 26.2 Å². The van der Waals surface area contributed by atoms with Gasteiger partial charge in [-0.1, -0.05) is 45.8 Å². The van der Waals surface area contributed by atoms with E-state index in [9.17, 15) is 18.0 Å². The second kappa shape index (κ2) is 13.8. The molecule has 3 aromatic carbocycles. The van der Waals surface area contributed by atoms with Crippen LogP contribution in [0.5, 0.6) is 5.75 Å². The lowest BCUT2D eigenvalue weighted by molar-refractivity contribution is -0.139. The second-order valence-electron chi connectivity index (χ2n) is 9.74. The maximum atomic E-state index is 13.9. The number of anilines is 1. The van der Waals surface area contributed by atoms with Crippen LogP contribution in [0.25, 0.3) is 0 Å². The van der Waals surface area contributed by atoms with Crippen molar-refractivity contribution in [2.45, 2.75) is 58.1 Å². The maximum Gasteiger partial charge on any atom is 0.264 e.